The predicted molar refractivity (Wildman–Crippen MR) is 47.2 cm³/mol. The van der Waals surface area contributed by atoms with Crippen LogP contribution in [0.15, 0.2) is 0 Å². The van der Waals surface area contributed by atoms with Gasteiger partial charge in [-0.1, -0.05) is 20.8 Å². The van der Waals surface area contributed by atoms with Gasteiger partial charge in [-0.25, -0.2) is 0 Å². The average Bonchev–Trinajstić information content (AvgIpc) is 2.28. The summed E-state index contributed by atoms with van der Waals surface area (Å²) in [6, 6.07) is 0. The molecule has 1 heterocycles. The number of hydrogen-bond donors (Lipinski definition) is 3. The van der Waals surface area contributed by atoms with Crippen molar-refractivity contribution in [1.82, 2.24) is 0 Å². The van der Waals surface area contributed by atoms with Gasteiger partial charge in [-0.05, 0) is 5.41 Å². The van der Waals surface area contributed by atoms with Gasteiger partial charge in [0.1, 0.15) is 18.3 Å². The van der Waals surface area contributed by atoms with E-state index in [1.807, 2.05) is 20.8 Å². The minimum atomic E-state index is -0.978. The Morgan fingerprint density at radius 3 is 1.92 bits per heavy atom. The van der Waals surface area contributed by atoms with Gasteiger partial charge >= 0.3 is 0 Å². The van der Waals surface area contributed by atoms with Gasteiger partial charge in [-0.15, -0.1) is 0 Å². The molecule has 1 aliphatic rings. The summed E-state index contributed by atoms with van der Waals surface area (Å²) in [5.41, 5.74) is -0.232. The third-order valence-electron chi connectivity index (χ3n) is 2.40. The van der Waals surface area contributed by atoms with Gasteiger partial charge in [0, 0.05) is 0 Å². The zero-order valence-corrected chi connectivity index (χ0v) is 8.27. The third kappa shape index (κ3) is 2.02. The molecule has 0 radical (unpaired) electrons. The maximum atomic E-state index is 9.61. The molecule has 0 aromatic rings. The predicted octanol–water partition coefficient (Wildman–Crippen LogP) is -0.486. The highest BCUT2D eigenvalue weighted by Gasteiger charge is 2.47. The Balaban J connectivity index is 2.71. The molecule has 4 heteroatoms. The molecule has 1 aliphatic heterocycles. The summed E-state index contributed by atoms with van der Waals surface area (Å²) in [4.78, 5) is 0. The van der Waals surface area contributed by atoms with E-state index in [-0.39, 0.29) is 12.0 Å². The zero-order valence-electron chi connectivity index (χ0n) is 8.27. The Bertz CT molecular complexity index is 175. The van der Waals surface area contributed by atoms with Gasteiger partial charge in [0.15, 0.2) is 0 Å². The topological polar surface area (TPSA) is 69.9 Å². The Hall–Kier alpha value is -0.160. The quantitative estimate of drug-likeness (QED) is 0.522. The van der Waals surface area contributed by atoms with Crippen LogP contribution < -0.4 is 0 Å². The molecule has 0 aromatic carbocycles. The molecule has 3 N–H and O–H groups in total. The van der Waals surface area contributed by atoms with E-state index in [1.165, 1.54) is 0 Å². The van der Waals surface area contributed by atoms with Crippen LogP contribution >= 0.6 is 0 Å². The molecule has 0 amide bonds. The summed E-state index contributed by atoms with van der Waals surface area (Å²) in [5, 5.41) is 27.9. The smallest absolute Gasteiger partial charge is 0.111 e. The van der Waals surface area contributed by atoms with E-state index < -0.39 is 24.4 Å². The van der Waals surface area contributed by atoms with Gasteiger partial charge in [-0.2, -0.15) is 0 Å². The Morgan fingerprint density at radius 1 is 1.15 bits per heavy atom. The SMILES string of the molecule is CC(C)(C)[C@@H]1O[C@H](CO)[C@H](O)C1O. The lowest BCUT2D eigenvalue weighted by molar-refractivity contribution is -0.0638. The van der Waals surface area contributed by atoms with Crippen molar-refractivity contribution in [3.63, 3.8) is 0 Å². The standard InChI is InChI=1S/C9H18O4/c1-9(2,3)8-7(12)6(11)5(4-10)13-8/h5-8,10-12H,4H2,1-3H3/t5-,6+,7?,8-/m1/s1. The van der Waals surface area contributed by atoms with Crippen LogP contribution in [-0.4, -0.2) is 46.3 Å². The number of aliphatic hydroxyl groups excluding tert-OH is 3. The molecule has 4 nitrogen and oxygen atoms in total. The van der Waals surface area contributed by atoms with Crippen LogP contribution in [0.2, 0.25) is 0 Å². The summed E-state index contributed by atoms with van der Waals surface area (Å²) in [6.45, 7) is 5.51. The van der Waals surface area contributed by atoms with Crippen LogP contribution in [0.4, 0.5) is 0 Å². The van der Waals surface area contributed by atoms with Crippen LogP contribution in [0, 0.1) is 5.41 Å². The van der Waals surface area contributed by atoms with Crippen molar-refractivity contribution in [3.8, 4) is 0 Å². The Kier molecular flexibility index (Phi) is 2.97. The molecule has 0 bridgehead atoms. The van der Waals surface area contributed by atoms with Crippen LogP contribution in [0.1, 0.15) is 20.8 Å². The maximum absolute atomic E-state index is 9.61. The molecule has 0 aromatic heterocycles. The summed E-state index contributed by atoms with van der Waals surface area (Å²) in [5.74, 6) is 0. The van der Waals surface area contributed by atoms with Gasteiger partial charge in [0.25, 0.3) is 0 Å². The minimum absolute atomic E-state index is 0.232. The Labute approximate surface area is 78.1 Å². The highest BCUT2D eigenvalue weighted by molar-refractivity contribution is 4.95. The van der Waals surface area contributed by atoms with E-state index in [2.05, 4.69) is 0 Å². The van der Waals surface area contributed by atoms with Crippen molar-refractivity contribution >= 4 is 0 Å². The van der Waals surface area contributed by atoms with Crippen LogP contribution in [-0.2, 0) is 4.74 Å². The van der Waals surface area contributed by atoms with E-state index in [1.54, 1.807) is 0 Å². The number of ether oxygens (including phenoxy) is 1. The molecule has 1 unspecified atom stereocenters. The third-order valence-corrected chi connectivity index (χ3v) is 2.40. The molecule has 1 fully saturated rings. The molecule has 0 spiro atoms. The molecule has 1 saturated heterocycles. The van der Waals surface area contributed by atoms with Gasteiger partial charge < -0.3 is 20.1 Å². The number of aliphatic hydroxyl groups is 3. The van der Waals surface area contributed by atoms with E-state index >= 15 is 0 Å². The number of hydrogen-bond acceptors (Lipinski definition) is 4. The number of rotatable bonds is 1. The maximum Gasteiger partial charge on any atom is 0.111 e. The zero-order chi connectivity index (χ0) is 10.2. The molecule has 0 aliphatic carbocycles. The van der Waals surface area contributed by atoms with E-state index in [4.69, 9.17) is 9.84 Å². The molecule has 13 heavy (non-hydrogen) atoms. The summed E-state index contributed by atoms with van der Waals surface area (Å²) < 4.78 is 5.35. The minimum Gasteiger partial charge on any atom is -0.394 e. The van der Waals surface area contributed by atoms with Crippen molar-refractivity contribution in [1.29, 1.82) is 0 Å². The molecule has 0 saturated carbocycles. The monoisotopic (exact) mass is 190 g/mol. The van der Waals surface area contributed by atoms with Crippen molar-refractivity contribution in [2.24, 2.45) is 5.41 Å². The molecular weight excluding hydrogens is 172 g/mol. The van der Waals surface area contributed by atoms with Gasteiger partial charge in [0.05, 0.1) is 12.7 Å². The first kappa shape index (κ1) is 10.9. The molecular formula is C9H18O4. The highest BCUT2D eigenvalue weighted by Crippen LogP contribution is 2.33. The summed E-state index contributed by atoms with van der Waals surface area (Å²) in [6.07, 6.45) is -2.95. The summed E-state index contributed by atoms with van der Waals surface area (Å²) >= 11 is 0. The second-order valence-corrected chi connectivity index (χ2v) is 4.62. The second kappa shape index (κ2) is 3.53. The lowest BCUT2D eigenvalue weighted by Gasteiger charge is -2.28. The van der Waals surface area contributed by atoms with Gasteiger partial charge in [-0.3, -0.25) is 0 Å². The second-order valence-electron chi connectivity index (χ2n) is 4.62. The van der Waals surface area contributed by atoms with Crippen LogP contribution in [0.5, 0.6) is 0 Å². The molecule has 78 valence electrons. The van der Waals surface area contributed by atoms with E-state index in [0.717, 1.165) is 0 Å². The lowest BCUT2D eigenvalue weighted by atomic mass is 9.85. The van der Waals surface area contributed by atoms with Crippen LogP contribution in [0.3, 0.4) is 0 Å². The largest absolute Gasteiger partial charge is 0.394 e. The first-order chi connectivity index (χ1) is 5.88. The first-order valence-corrected chi connectivity index (χ1v) is 4.50. The van der Waals surface area contributed by atoms with Crippen LogP contribution in [0.25, 0.3) is 0 Å². The normalized spacial score (nSPS) is 41.1. The van der Waals surface area contributed by atoms with E-state index in [0.29, 0.717) is 0 Å². The Morgan fingerprint density at radius 2 is 1.69 bits per heavy atom. The summed E-state index contributed by atoms with van der Waals surface area (Å²) in [7, 11) is 0. The fourth-order valence-corrected chi connectivity index (χ4v) is 1.62. The molecule has 4 atom stereocenters. The fraction of sp³-hybridized carbons (Fsp3) is 1.00. The average molecular weight is 190 g/mol. The molecule has 1 rings (SSSR count). The van der Waals surface area contributed by atoms with Crippen molar-refractivity contribution in [3.05, 3.63) is 0 Å². The van der Waals surface area contributed by atoms with E-state index in [9.17, 15) is 10.2 Å². The van der Waals surface area contributed by atoms with Crippen molar-refractivity contribution in [2.45, 2.75) is 45.2 Å². The van der Waals surface area contributed by atoms with Crippen molar-refractivity contribution < 1.29 is 20.1 Å². The lowest BCUT2D eigenvalue weighted by Crippen LogP contribution is -2.39. The van der Waals surface area contributed by atoms with Gasteiger partial charge in [0.2, 0.25) is 0 Å². The first-order valence-electron chi connectivity index (χ1n) is 4.50. The fourth-order valence-electron chi connectivity index (χ4n) is 1.62. The highest BCUT2D eigenvalue weighted by atomic mass is 16.6. The van der Waals surface area contributed by atoms with Crippen molar-refractivity contribution in [2.75, 3.05) is 6.61 Å².